The Labute approximate surface area is 487 Å². The minimum absolute atomic E-state index is 0.264. The van der Waals surface area contributed by atoms with E-state index in [9.17, 15) is 40.5 Å². The van der Waals surface area contributed by atoms with Crippen LogP contribution in [0.3, 0.4) is 0 Å². The first-order valence-electron chi connectivity index (χ1n) is 34.6. The van der Waals surface area contributed by atoms with Crippen LogP contribution in [-0.4, -0.2) is 110 Å². The van der Waals surface area contributed by atoms with E-state index in [0.717, 1.165) is 38.5 Å². The van der Waals surface area contributed by atoms with E-state index in [1.807, 2.05) is 0 Å². The van der Waals surface area contributed by atoms with Crippen LogP contribution in [0, 0.1) is 0 Å². The number of ether oxygens (including phenoxy) is 2. The Morgan fingerprint density at radius 3 is 1.06 bits per heavy atom. The van der Waals surface area contributed by atoms with Gasteiger partial charge in [0, 0.05) is 0 Å². The maximum absolute atomic E-state index is 13.2. The van der Waals surface area contributed by atoms with Crippen molar-refractivity contribution < 1.29 is 50.0 Å². The molecule has 79 heavy (non-hydrogen) atoms. The highest BCUT2D eigenvalue weighted by atomic mass is 16.7. The Bertz CT molecular complexity index is 1290. The summed E-state index contributed by atoms with van der Waals surface area (Å²) in [7, 11) is 0. The minimum Gasteiger partial charge on any atom is -0.394 e. The average Bonchev–Trinajstić information content (AvgIpc) is 3.46. The van der Waals surface area contributed by atoms with Gasteiger partial charge in [-0.15, -0.1) is 0 Å². The van der Waals surface area contributed by atoms with Crippen molar-refractivity contribution in [3.63, 3.8) is 0 Å². The average molecular weight is 1120 g/mol. The Morgan fingerprint density at radius 2 is 0.734 bits per heavy atom. The summed E-state index contributed by atoms with van der Waals surface area (Å²) in [5.74, 6) is -0.690. The van der Waals surface area contributed by atoms with Gasteiger partial charge >= 0.3 is 0 Å². The fourth-order valence-electron chi connectivity index (χ4n) is 11.5. The summed E-state index contributed by atoms with van der Waals surface area (Å²) in [6.07, 6.45) is 58.6. The molecule has 470 valence electrons. The molecule has 11 nitrogen and oxygen atoms in total. The van der Waals surface area contributed by atoms with Crippen LogP contribution in [0.2, 0.25) is 0 Å². The van der Waals surface area contributed by atoms with Crippen molar-refractivity contribution in [2.24, 2.45) is 0 Å². The summed E-state index contributed by atoms with van der Waals surface area (Å²) >= 11 is 0. The predicted octanol–water partition coefficient (Wildman–Crippen LogP) is 16.3. The molecule has 0 aliphatic carbocycles. The third-order valence-electron chi connectivity index (χ3n) is 17.1. The zero-order valence-corrected chi connectivity index (χ0v) is 51.9. The zero-order chi connectivity index (χ0) is 57.5. The number of carbonyl (C=O) groups is 1. The number of rotatable bonds is 61. The van der Waals surface area contributed by atoms with Gasteiger partial charge in [-0.3, -0.25) is 4.79 Å². The van der Waals surface area contributed by atoms with Crippen LogP contribution in [0.4, 0.5) is 0 Å². The number of hydrogen-bond donors (Lipinski definition) is 8. The predicted molar refractivity (Wildman–Crippen MR) is 330 cm³/mol. The van der Waals surface area contributed by atoms with E-state index in [-0.39, 0.29) is 6.42 Å². The normalized spacial score (nSPS) is 19.3. The van der Waals surface area contributed by atoms with Crippen molar-refractivity contribution in [3.05, 3.63) is 12.2 Å². The third-order valence-corrected chi connectivity index (χ3v) is 17.1. The summed E-state index contributed by atoms with van der Waals surface area (Å²) in [5.41, 5.74) is 0. The van der Waals surface area contributed by atoms with Crippen LogP contribution in [0.15, 0.2) is 12.2 Å². The molecule has 0 aromatic heterocycles. The second-order valence-electron chi connectivity index (χ2n) is 24.6. The van der Waals surface area contributed by atoms with Crippen LogP contribution in [-0.2, 0) is 14.3 Å². The van der Waals surface area contributed by atoms with E-state index in [0.29, 0.717) is 19.3 Å². The number of aliphatic hydroxyl groups is 7. The molecule has 0 aromatic rings. The summed E-state index contributed by atoms with van der Waals surface area (Å²) in [5, 5.41) is 76.5. The SMILES string of the molecule is CCCCCCCCCCCCCC/C=C\CCCCCCCCCCCCCCCC(O)C(=O)NC(COC1OC(CO)C(O)C(O)C1O)C(O)C(O)CCCCCCCCCCCCCCCCCCCCCCCCC. The molecule has 0 spiro atoms. The molecule has 1 saturated heterocycles. The number of aliphatic hydroxyl groups excluding tert-OH is 7. The van der Waals surface area contributed by atoms with Gasteiger partial charge in [-0.25, -0.2) is 0 Å². The van der Waals surface area contributed by atoms with Gasteiger partial charge in [-0.2, -0.15) is 0 Å². The number of allylic oxidation sites excluding steroid dienone is 2. The van der Waals surface area contributed by atoms with E-state index in [1.165, 1.54) is 270 Å². The Morgan fingerprint density at radius 1 is 0.430 bits per heavy atom. The summed E-state index contributed by atoms with van der Waals surface area (Å²) in [6.45, 7) is 3.52. The second-order valence-corrected chi connectivity index (χ2v) is 24.6. The fraction of sp³-hybridized carbons (Fsp3) is 0.956. The smallest absolute Gasteiger partial charge is 0.249 e. The van der Waals surface area contributed by atoms with E-state index < -0.39 is 74.2 Å². The van der Waals surface area contributed by atoms with Gasteiger partial charge in [-0.05, 0) is 38.5 Å². The monoisotopic (exact) mass is 1120 g/mol. The van der Waals surface area contributed by atoms with Crippen molar-refractivity contribution in [1.29, 1.82) is 0 Å². The largest absolute Gasteiger partial charge is 0.394 e. The lowest BCUT2D eigenvalue weighted by atomic mass is 9.98. The standard InChI is InChI=1S/C68H133NO10/c1-3-5-7-9-11-13-15-17-19-21-23-25-27-28-29-30-31-32-34-36-38-40-42-44-46-48-50-52-54-56-61(72)67(77)69-59(58-78-68-66(76)65(75)64(74)62(57-70)79-68)63(73)60(71)55-53-51-49-47-45-43-41-39-37-35-33-26-24-22-20-18-16-14-12-10-8-6-4-2/h28-29,59-66,68,70-76H,3-27,30-58H2,1-2H3,(H,69,77)/b29-28-. The van der Waals surface area contributed by atoms with Gasteiger partial charge in [0.1, 0.15) is 36.6 Å². The third kappa shape index (κ3) is 45.0. The highest BCUT2D eigenvalue weighted by Gasteiger charge is 2.44. The molecular weight excluding hydrogens is 991 g/mol. The van der Waals surface area contributed by atoms with Gasteiger partial charge in [0.15, 0.2) is 6.29 Å². The number of nitrogens with one attached hydrogen (secondary N) is 1. The van der Waals surface area contributed by atoms with Crippen molar-refractivity contribution in [2.75, 3.05) is 13.2 Å². The number of amides is 1. The molecule has 1 rings (SSSR count). The molecule has 11 heteroatoms. The van der Waals surface area contributed by atoms with Gasteiger partial charge in [0.25, 0.3) is 0 Å². The Balaban J connectivity index is 2.20. The molecular formula is C68H133NO10. The lowest BCUT2D eigenvalue weighted by molar-refractivity contribution is -0.303. The van der Waals surface area contributed by atoms with Gasteiger partial charge in [0.2, 0.25) is 5.91 Å². The van der Waals surface area contributed by atoms with Crippen LogP contribution in [0.5, 0.6) is 0 Å². The lowest BCUT2D eigenvalue weighted by Gasteiger charge is -2.40. The highest BCUT2D eigenvalue weighted by molar-refractivity contribution is 5.80. The molecule has 9 atom stereocenters. The van der Waals surface area contributed by atoms with E-state index in [1.54, 1.807) is 0 Å². The van der Waals surface area contributed by atoms with Crippen LogP contribution < -0.4 is 5.32 Å². The maximum Gasteiger partial charge on any atom is 0.249 e. The van der Waals surface area contributed by atoms with Crippen molar-refractivity contribution in [1.82, 2.24) is 5.32 Å². The Kier molecular flexibility index (Phi) is 55.0. The molecule has 0 saturated carbocycles. The van der Waals surface area contributed by atoms with E-state index in [2.05, 4.69) is 31.3 Å². The molecule has 9 unspecified atom stereocenters. The van der Waals surface area contributed by atoms with Crippen LogP contribution >= 0.6 is 0 Å². The zero-order valence-electron chi connectivity index (χ0n) is 51.9. The first-order chi connectivity index (χ1) is 38.7. The molecule has 1 amide bonds. The summed E-state index contributed by atoms with van der Waals surface area (Å²) in [6, 6.07) is -1.17. The van der Waals surface area contributed by atoms with Crippen LogP contribution in [0.25, 0.3) is 0 Å². The molecule has 1 heterocycles. The minimum atomic E-state index is -1.66. The van der Waals surface area contributed by atoms with Gasteiger partial charge in [0.05, 0.1) is 25.4 Å². The van der Waals surface area contributed by atoms with Crippen LogP contribution in [0.1, 0.15) is 348 Å². The van der Waals surface area contributed by atoms with Gasteiger partial charge in [-0.1, -0.05) is 321 Å². The topological polar surface area (TPSA) is 189 Å². The maximum atomic E-state index is 13.2. The van der Waals surface area contributed by atoms with Gasteiger partial charge < -0.3 is 50.5 Å². The quantitative estimate of drug-likeness (QED) is 0.0215. The number of unbranched alkanes of at least 4 members (excludes halogenated alkanes) is 47. The molecule has 0 bridgehead atoms. The summed E-state index contributed by atoms with van der Waals surface area (Å²) in [4.78, 5) is 13.2. The summed E-state index contributed by atoms with van der Waals surface area (Å²) < 4.78 is 11.2. The van der Waals surface area contributed by atoms with E-state index in [4.69, 9.17) is 9.47 Å². The Hall–Kier alpha value is -1.15. The molecule has 0 aromatic carbocycles. The highest BCUT2D eigenvalue weighted by Crippen LogP contribution is 2.24. The molecule has 8 N–H and O–H groups in total. The second kappa shape index (κ2) is 57.3. The number of hydrogen-bond acceptors (Lipinski definition) is 10. The van der Waals surface area contributed by atoms with Crippen molar-refractivity contribution >= 4 is 5.91 Å². The fourth-order valence-corrected chi connectivity index (χ4v) is 11.5. The lowest BCUT2D eigenvalue weighted by Crippen LogP contribution is -2.60. The number of carbonyl (C=O) groups excluding carboxylic acids is 1. The molecule has 1 aliphatic rings. The first-order valence-corrected chi connectivity index (χ1v) is 34.6. The molecule has 1 aliphatic heterocycles. The van der Waals surface area contributed by atoms with Crippen molar-refractivity contribution in [2.45, 2.75) is 403 Å². The van der Waals surface area contributed by atoms with E-state index >= 15 is 0 Å². The molecule has 1 fully saturated rings. The first kappa shape index (κ1) is 75.9. The van der Waals surface area contributed by atoms with Crippen molar-refractivity contribution in [3.8, 4) is 0 Å². The molecule has 0 radical (unpaired) electrons.